The molecule has 7 N–H and O–H groups in total. The Morgan fingerprint density at radius 2 is 2.00 bits per heavy atom. The highest BCUT2D eigenvalue weighted by atomic mass is 16.6. The van der Waals surface area contributed by atoms with Crippen molar-refractivity contribution < 1.29 is 35.0 Å². The van der Waals surface area contributed by atoms with Gasteiger partial charge in [-0.15, -0.1) is 0 Å². The van der Waals surface area contributed by atoms with E-state index in [9.17, 15) is 15.3 Å². The molecule has 8 heteroatoms. The number of nitrogens with one attached hydrogen (secondary N) is 1. The van der Waals surface area contributed by atoms with E-state index in [1.54, 1.807) is 0 Å². The summed E-state index contributed by atoms with van der Waals surface area (Å²) < 4.78 is 4.90. The molecule has 0 saturated carbocycles. The summed E-state index contributed by atoms with van der Waals surface area (Å²) in [5, 5.41) is 37.6. The van der Waals surface area contributed by atoms with Crippen molar-refractivity contribution in [3.05, 3.63) is 0 Å². The molecular weight excluding hydrogens is 220 g/mol. The fourth-order valence-electron chi connectivity index (χ4n) is 1.52. The van der Waals surface area contributed by atoms with Crippen molar-refractivity contribution in [1.82, 2.24) is 0 Å². The smallest absolute Gasteiger partial charge is 0.350 e. The van der Waals surface area contributed by atoms with Crippen molar-refractivity contribution >= 4 is 5.90 Å². The number of hydrogen-bond donors (Lipinski definition) is 6. The molecule has 0 aromatic heterocycles. The highest BCUT2D eigenvalue weighted by Crippen LogP contribution is 2.17. The van der Waals surface area contributed by atoms with E-state index in [-0.39, 0.29) is 5.90 Å². The summed E-state index contributed by atoms with van der Waals surface area (Å²) in [4.78, 5) is 6.88. The number of hydrogen-bond acceptors (Lipinski definition) is 7. The van der Waals surface area contributed by atoms with E-state index < -0.39 is 37.3 Å². The summed E-state index contributed by atoms with van der Waals surface area (Å²) in [7, 11) is 0. The van der Waals surface area contributed by atoms with Gasteiger partial charge in [0.1, 0.15) is 18.3 Å². The van der Waals surface area contributed by atoms with Crippen LogP contribution in [0.2, 0.25) is 0 Å². The Bertz CT molecular complexity index is 261. The molecule has 16 heavy (non-hydrogen) atoms. The quantitative estimate of drug-likeness (QED) is 0.161. The number of rotatable bonds is 2. The predicted octanol–water partition coefficient (Wildman–Crippen LogP) is -4.82. The van der Waals surface area contributed by atoms with E-state index in [1.807, 2.05) is 0 Å². The van der Waals surface area contributed by atoms with Gasteiger partial charge >= 0.3 is 5.90 Å². The number of aliphatic hydroxyl groups excluding tert-OH is 4. The lowest BCUT2D eigenvalue weighted by Gasteiger charge is -2.35. The lowest BCUT2D eigenvalue weighted by atomic mass is 9.97. The fourth-order valence-corrected chi connectivity index (χ4v) is 1.52. The summed E-state index contributed by atoms with van der Waals surface area (Å²) >= 11 is 0. The van der Waals surface area contributed by atoms with E-state index in [4.69, 9.17) is 15.7 Å². The van der Waals surface area contributed by atoms with Gasteiger partial charge in [0.15, 0.2) is 0 Å². The van der Waals surface area contributed by atoms with Crippen LogP contribution in [0.15, 0.2) is 0 Å². The summed E-state index contributed by atoms with van der Waals surface area (Å²) in [5.41, 5.74) is 0. The molecule has 1 rings (SSSR count). The minimum absolute atomic E-state index is 0.154. The maximum atomic E-state index is 9.68. The Kier molecular flexibility index (Phi) is 4.59. The maximum absolute atomic E-state index is 9.68. The third-order valence-electron chi connectivity index (χ3n) is 2.45. The van der Waals surface area contributed by atoms with Gasteiger partial charge in [-0.1, -0.05) is 0 Å². The van der Waals surface area contributed by atoms with Gasteiger partial charge in [-0.25, -0.2) is 4.99 Å². The average molecular weight is 237 g/mol. The van der Waals surface area contributed by atoms with Crippen LogP contribution < -0.4 is 10.9 Å². The normalized spacial score (nSPS) is 40.9. The SMILES string of the molecule is CC(=[NH+][C@@H]1[C@@H](O)[C@H](O)[C@@H](CO)O[C@H]1O)ON. The van der Waals surface area contributed by atoms with Crippen molar-refractivity contribution in [3.63, 3.8) is 0 Å². The highest BCUT2D eigenvalue weighted by molar-refractivity contribution is 5.66. The Morgan fingerprint density at radius 1 is 1.38 bits per heavy atom. The zero-order chi connectivity index (χ0) is 12.3. The number of ether oxygens (including phenoxy) is 1. The van der Waals surface area contributed by atoms with Crippen LogP contribution in [-0.4, -0.2) is 63.6 Å². The molecule has 0 aromatic carbocycles. The summed E-state index contributed by atoms with van der Waals surface area (Å²) in [6.45, 7) is 0.974. The molecular formula is C8H17N2O6+. The van der Waals surface area contributed by atoms with Crippen molar-refractivity contribution in [2.45, 2.75) is 37.6 Å². The highest BCUT2D eigenvalue weighted by Gasteiger charge is 2.47. The van der Waals surface area contributed by atoms with Crippen LogP contribution in [-0.2, 0) is 9.57 Å². The van der Waals surface area contributed by atoms with E-state index in [0.29, 0.717) is 0 Å². The first kappa shape index (κ1) is 13.3. The number of nitrogens with two attached hydrogens (primary N) is 1. The zero-order valence-electron chi connectivity index (χ0n) is 8.78. The largest absolute Gasteiger partial charge is 0.394 e. The molecule has 0 unspecified atom stereocenters. The van der Waals surface area contributed by atoms with Crippen molar-refractivity contribution in [2.75, 3.05) is 6.61 Å². The van der Waals surface area contributed by atoms with Crippen LogP contribution in [0.25, 0.3) is 0 Å². The molecule has 0 aliphatic carbocycles. The minimum Gasteiger partial charge on any atom is -0.394 e. The first-order valence-electron chi connectivity index (χ1n) is 4.78. The molecule has 5 atom stereocenters. The van der Waals surface area contributed by atoms with Crippen LogP contribution in [0.5, 0.6) is 0 Å². The van der Waals surface area contributed by atoms with Crippen LogP contribution in [0.4, 0.5) is 0 Å². The lowest BCUT2D eigenvalue weighted by molar-refractivity contribution is -0.567. The van der Waals surface area contributed by atoms with Crippen LogP contribution in [0.3, 0.4) is 0 Å². The van der Waals surface area contributed by atoms with E-state index in [0.717, 1.165) is 0 Å². The first-order valence-corrected chi connectivity index (χ1v) is 4.78. The van der Waals surface area contributed by atoms with Crippen LogP contribution in [0.1, 0.15) is 6.92 Å². The van der Waals surface area contributed by atoms with Crippen molar-refractivity contribution in [2.24, 2.45) is 5.90 Å². The minimum atomic E-state index is -1.39. The monoisotopic (exact) mass is 237 g/mol. The van der Waals surface area contributed by atoms with E-state index in [2.05, 4.69) is 9.83 Å². The second-order valence-corrected chi connectivity index (χ2v) is 3.57. The van der Waals surface area contributed by atoms with Gasteiger partial charge in [-0.3, -0.25) is 0 Å². The molecule has 0 radical (unpaired) electrons. The third-order valence-corrected chi connectivity index (χ3v) is 2.45. The fraction of sp³-hybridized carbons (Fsp3) is 0.875. The Labute approximate surface area is 91.9 Å². The van der Waals surface area contributed by atoms with Crippen LogP contribution in [0, 0.1) is 0 Å². The molecule has 0 spiro atoms. The molecule has 0 aromatic rings. The molecule has 1 heterocycles. The first-order chi connectivity index (χ1) is 7.51. The van der Waals surface area contributed by atoms with Gasteiger partial charge < -0.3 is 30.0 Å². The third kappa shape index (κ3) is 2.67. The number of aliphatic hydroxyl groups is 4. The summed E-state index contributed by atoms with van der Waals surface area (Å²) in [6.07, 6.45) is -5.04. The molecule has 1 aliphatic rings. The van der Waals surface area contributed by atoms with E-state index in [1.165, 1.54) is 6.92 Å². The Hall–Kier alpha value is -0.770. The average Bonchev–Trinajstić information content (AvgIpc) is 2.28. The standard InChI is InChI=1S/C8H16N2O6/c1-3(16-9)10-5-7(13)6(12)4(2-11)15-8(5)14/h4-8,11-14H,2,9H2,1H3/p+1/t4-,5-,6-,7-,8-/m1/s1. The molecule has 1 saturated heterocycles. The van der Waals surface area contributed by atoms with Gasteiger partial charge in [0.2, 0.25) is 12.3 Å². The lowest BCUT2D eigenvalue weighted by Crippen LogP contribution is -2.89. The molecule has 8 nitrogen and oxygen atoms in total. The van der Waals surface area contributed by atoms with E-state index >= 15 is 0 Å². The molecule has 1 fully saturated rings. The second-order valence-electron chi connectivity index (χ2n) is 3.57. The molecule has 1 aliphatic heterocycles. The topological polar surface area (TPSA) is 139 Å². The van der Waals surface area contributed by atoms with Crippen molar-refractivity contribution in [3.8, 4) is 0 Å². The van der Waals surface area contributed by atoms with Gasteiger partial charge in [0.25, 0.3) is 0 Å². The van der Waals surface area contributed by atoms with Gasteiger partial charge in [0, 0.05) is 0 Å². The Morgan fingerprint density at radius 3 is 2.50 bits per heavy atom. The zero-order valence-corrected chi connectivity index (χ0v) is 8.78. The van der Waals surface area contributed by atoms with Crippen molar-refractivity contribution in [1.29, 1.82) is 0 Å². The van der Waals surface area contributed by atoms with Gasteiger partial charge in [0.05, 0.1) is 13.5 Å². The molecule has 0 bridgehead atoms. The predicted molar refractivity (Wildman–Crippen MR) is 50.7 cm³/mol. The summed E-state index contributed by atoms with van der Waals surface area (Å²) in [5.74, 6) is 5.02. The Balaban J connectivity index is 2.79. The maximum Gasteiger partial charge on any atom is 0.350 e. The summed E-state index contributed by atoms with van der Waals surface area (Å²) in [6, 6.07) is -0.985. The second kappa shape index (κ2) is 5.53. The molecule has 94 valence electrons. The van der Waals surface area contributed by atoms with Gasteiger partial charge in [-0.2, -0.15) is 5.90 Å². The van der Waals surface area contributed by atoms with Crippen LogP contribution >= 0.6 is 0 Å². The van der Waals surface area contributed by atoms with Gasteiger partial charge in [-0.05, 0) is 0 Å². The molecule has 0 amide bonds.